The summed E-state index contributed by atoms with van der Waals surface area (Å²) in [6.45, 7) is 0.273. The Hall–Kier alpha value is -2.87. The van der Waals surface area contributed by atoms with Gasteiger partial charge in [0.1, 0.15) is 23.6 Å². The number of benzene rings is 1. The standard InChI is InChI=1S/C15H13FN4O3/c1-22-8-13-19-12(20-23-13)7-17-15(21)11-6-5-9-3-2-4-10(16)14(9)18-11/h2-6H,7-8H2,1H3,(H,17,21). The molecule has 0 aliphatic heterocycles. The third kappa shape index (κ3) is 3.32. The van der Waals surface area contributed by atoms with E-state index in [1.54, 1.807) is 18.2 Å². The van der Waals surface area contributed by atoms with E-state index in [1.807, 2.05) is 0 Å². The molecule has 0 aliphatic rings. The highest BCUT2D eigenvalue weighted by Crippen LogP contribution is 2.15. The van der Waals surface area contributed by atoms with Crippen molar-refractivity contribution < 1.29 is 18.4 Å². The van der Waals surface area contributed by atoms with Crippen molar-refractivity contribution in [3.63, 3.8) is 0 Å². The predicted octanol–water partition coefficient (Wildman–Crippen LogP) is 1.83. The summed E-state index contributed by atoms with van der Waals surface area (Å²) in [5.74, 6) is -0.284. The van der Waals surface area contributed by atoms with E-state index in [4.69, 9.17) is 9.26 Å². The highest BCUT2D eigenvalue weighted by molar-refractivity contribution is 5.94. The number of carbonyl (C=O) groups is 1. The Labute approximate surface area is 130 Å². The van der Waals surface area contributed by atoms with Crippen molar-refractivity contribution in [2.24, 2.45) is 0 Å². The third-order valence-corrected chi connectivity index (χ3v) is 3.09. The van der Waals surface area contributed by atoms with Gasteiger partial charge >= 0.3 is 0 Å². The Morgan fingerprint density at radius 1 is 1.30 bits per heavy atom. The van der Waals surface area contributed by atoms with Gasteiger partial charge < -0.3 is 14.6 Å². The van der Waals surface area contributed by atoms with Gasteiger partial charge in [-0.1, -0.05) is 23.4 Å². The molecule has 0 aliphatic carbocycles. The van der Waals surface area contributed by atoms with E-state index in [0.29, 0.717) is 17.1 Å². The van der Waals surface area contributed by atoms with Crippen LogP contribution in [0.3, 0.4) is 0 Å². The molecule has 1 amide bonds. The van der Waals surface area contributed by atoms with E-state index in [-0.39, 0.29) is 24.4 Å². The average Bonchev–Trinajstić information content (AvgIpc) is 3.01. The summed E-state index contributed by atoms with van der Waals surface area (Å²) in [6, 6.07) is 7.79. The minimum absolute atomic E-state index is 0.0725. The number of fused-ring (bicyclic) bond motifs is 1. The van der Waals surface area contributed by atoms with Gasteiger partial charge in [0.05, 0.1) is 6.54 Å². The average molecular weight is 316 g/mol. The molecule has 1 N–H and O–H groups in total. The van der Waals surface area contributed by atoms with Crippen molar-refractivity contribution in [3.8, 4) is 0 Å². The Morgan fingerprint density at radius 3 is 3.00 bits per heavy atom. The van der Waals surface area contributed by atoms with Gasteiger partial charge in [0.2, 0.25) is 0 Å². The number of halogens is 1. The second-order valence-electron chi connectivity index (χ2n) is 4.73. The number of pyridine rings is 1. The lowest BCUT2D eigenvalue weighted by Crippen LogP contribution is -2.24. The van der Waals surface area contributed by atoms with Crippen molar-refractivity contribution >= 4 is 16.8 Å². The molecule has 118 valence electrons. The number of nitrogens with zero attached hydrogens (tertiary/aromatic N) is 3. The van der Waals surface area contributed by atoms with Crippen LogP contribution in [0, 0.1) is 5.82 Å². The maximum absolute atomic E-state index is 13.7. The summed E-state index contributed by atoms with van der Waals surface area (Å²) in [5.41, 5.74) is 0.269. The first-order valence-electron chi connectivity index (χ1n) is 6.81. The third-order valence-electron chi connectivity index (χ3n) is 3.09. The monoisotopic (exact) mass is 316 g/mol. The number of hydrogen-bond donors (Lipinski definition) is 1. The van der Waals surface area contributed by atoms with Crippen molar-refractivity contribution in [1.82, 2.24) is 20.4 Å². The molecule has 2 heterocycles. The molecule has 3 aromatic rings. The van der Waals surface area contributed by atoms with Crippen LogP contribution in [0.4, 0.5) is 4.39 Å². The zero-order chi connectivity index (χ0) is 16.2. The van der Waals surface area contributed by atoms with Crippen LogP contribution in [-0.2, 0) is 17.9 Å². The molecule has 7 nitrogen and oxygen atoms in total. The van der Waals surface area contributed by atoms with E-state index in [2.05, 4.69) is 20.4 Å². The van der Waals surface area contributed by atoms with Gasteiger partial charge in [-0.3, -0.25) is 4.79 Å². The van der Waals surface area contributed by atoms with Crippen molar-refractivity contribution in [2.75, 3.05) is 7.11 Å². The maximum atomic E-state index is 13.7. The van der Waals surface area contributed by atoms with E-state index in [9.17, 15) is 9.18 Å². The number of amides is 1. The molecular formula is C15H13FN4O3. The highest BCUT2D eigenvalue weighted by atomic mass is 19.1. The van der Waals surface area contributed by atoms with Crippen molar-refractivity contribution in [2.45, 2.75) is 13.2 Å². The summed E-state index contributed by atoms with van der Waals surface area (Å²) in [5, 5.41) is 6.94. The SMILES string of the molecule is COCc1nc(CNC(=O)c2ccc3cccc(F)c3n2)no1. The predicted molar refractivity (Wildman–Crippen MR) is 77.9 cm³/mol. The normalized spacial score (nSPS) is 10.9. The quantitative estimate of drug-likeness (QED) is 0.772. The number of nitrogens with one attached hydrogen (secondary N) is 1. The molecule has 0 saturated carbocycles. The van der Waals surface area contributed by atoms with Gasteiger partial charge in [-0.15, -0.1) is 0 Å². The first kappa shape index (κ1) is 15.0. The lowest BCUT2D eigenvalue weighted by atomic mass is 10.2. The largest absolute Gasteiger partial charge is 0.375 e. The molecule has 0 fully saturated rings. The summed E-state index contributed by atoms with van der Waals surface area (Å²) in [7, 11) is 1.51. The molecular weight excluding hydrogens is 303 g/mol. The van der Waals surface area contributed by atoms with Crippen LogP contribution in [0.1, 0.15) is 22.2 Å². The van der Waals surface area contributed by atoms with Crippen LogP contribution in [0.5, 0.6) is 0 Å². The number of ether oxygens (including phenoxy) is 1. The molecule has 3 rings (SSSR count). The first-order chi connectivity index (χ1) is 11.2. The minimum Gasteiger partial charge on any atom is -0.375 e. The highest BCUT2D eigenvalue weighted by Gasteiger charge is 2.12. The number of aromatic nitrogens is 3. The molecule has 1 aromatic carbocycles. The fourth-order valence-electron chi connectivity index (χ4n) is 2.03. The Bertz CT molecular complexity index is 850. The van der Waals surface area contributed by atoms with Gasteiger partial charge in [-0.05, 0) is 12.1 Å². The number of hydrogen-bond acceptors (Lipinski definition) is 6. The fourth-order valence-corrected chi connectivity index (χ4v) is 2.03. The van der Waals surface area contributed by atoms with E-state index in [1.165, 1.54) is 19.2 Å². The van der Waals surface area contributed by atoms with E-state index >= 15 is 0 Å². The van der Waals surface area contributed by atoms with Crippen LogP contribution < -0.4 is 5.32 Å². The van der Waals surface area contributed by atoms with Crippen molar-refractivity contribution in [1.29, 1.82) is 0 Å². The van der Waals surface area contributed by atoms with Crippen molar-refractivity contribution in [3.05, 3.63) is 53.6 Å². The summed E-state index contributed by atoms with van der Waals surface area (Å²) in [4.78, 5) is 20.2. The topological polar surface area (TPSA) is 90.1 Å². The zero-order valence-electron chi connectivity index (χ0n) is 12.2. The number of rotatable bonds is 5. The second-order valence-corrected chi connectivity index (χ2v) is 4.73. The Kier molecular flexibility index (Phi) is 4.24. The first-order valence-corrected chi connectivity index (χ1v) is 6.81. The van der Waals surface area contributed by atoms with Gasteiger partial charge in [0, 0.05) is 12.5 Å². The van der Waals surface area contributed by atoms with Crippen LogP contribution in [-0.4, -0.2) is 28.1 Å². The molecule has 0 saturated heterocycles. The number of carbonyl (C=O) groups excluding carboxylic acids is 1. The smallest absolute Gasteiger partial charge is 0.270 e. The summed E-state index contributed by atoms with van der Waals surface area (Å²) >= 11 is 0. The van der Waals surface area contributed by atoms with Crippen LogP contribution in [0.15, 0.2) is 34.9 Å². The summed E-state index contributed by atoms with van der Waals surface area (Å²) < 4.78 is 23.5. The van der Waals surface area contributed by atoms with E-state index in [0.717, 1.165) is 0 Å². The maximum Gasteiger partial charge on any atom is 0.270 e. The summed E-state index contributed by atoms with van der Waals surface area (Å²) in [6.07, 6.45) is 0. The molecule has 8 heteroatoms. The van der Waals surface area contributed by atoms with E-state index < -0.39 is 11.7 Å². The number of para-hydroxylation sites is 1. The van der Waals surface area contributed by atoms with Crippen LogP contribution in [0.2, 0.25) is 0 Å². The molecule has 2 aromatic heterocycles. The van der Waals surface area contributed by atoms with Gasteiger partial charge in [-0.2, -0.15) is 4.98 Å². The molecule has 23 heavy (non-hydrogen) atoms. The zero-order valence-corrected chi connectivity index (χ0v) is 12.2. The Balaban J connectivity index is 1.71. The van der Waals surface area contributed by atoms with Crippen LogP contribution >= 0.6 is 0 Å². The molecule has 0 unspecified atom stereocenters. The van der Waals surface area contributed by atoms with Crippen LogP contribution in [0.25, 0.3) is 10.9 Å². The fraction of sp³-hybridized carbons (Fsp3) is 0.200. The minimum atomic E-state index is -0.473. The molecule has 0 bridgehead atoms. The second kappa shape index (κ2) is 6.49. The molecule has 0 atom stereocenters. The lowest BCUT2D eigenvalue weighted by molar-refractivity contribution is 0.0945. The lowest BCUT2D eigenvalue weighted by Gasteiger charge is -2.04. The van der Waals surface area contributed by atoms with Gasteiger partial charge in [-0.25, -0.2) is 9.37 Å². The molecule has 0 spiro atoms. The van der Waals surface area contributed by atoms with Gasteiger partial charge in [0.25, 0.3) is 11.8 Å². The molecule has 0 radical (unpaired) electrons. The number of methoxy groups -OCH3 is 1. The Morgan fingerprint density at radius 2 is 2.17 bits per heavy atom. The van der Waals surface area contributed by atoms with Gasteiger partial charge in [0.15, 0.2) is 5.82 Å².